The van der Waals surface area contributed by atoms with Crippen molar-refractivity contribution >= 4 is 5.97 Å². The number of ether oxygens (including phenoxy) is 1. The molecule has 4 heteroatoms. The molecule has 0 aromatic rings. The van der Waals surface area contributed by atoms with Crippen LogP contribution in [0.2, 0.25) is 0 Å². The Morgan fingerprint density at radius 3 is 2.58 bits per heavy atom. The average molecular weight is 268 g/mol. The molecule has 2 fully saturated rings. The van der Waals surface area contributed by atoms with E-state index in [-0.39, 0.29) is 5.97 Å². The third kappa shape index (κ3) is 3.29. The van der Waals surface area contributed by atoms with Gasteiger partial charge in [0.2, 0.25) is 0 Å². The SMILES string of the molecule is CCN1CCC(C2CCNC(C)(C(=O)OC)C2)CC1. The van der Waals surface area contributed by atoms with E-state index in [9.17, 15) is 4.79 Å². The number of likely N-dealkylation sites (tertiary alicyclic amines) is 1. The zero-order valence-corrected chi connectivity index (χ0v) is 12.6. The van der Waals surface area contributed by atoms with E-state index in [2.05, 4.69) is 17.1 Å². The zero-order valence-electron chi connectivity index (χ0n) is 12.6. The van der Waals surface area contributed by atoms with Crippen LogP contribution in [0, 0.1) is 11.8 Å². The molecule has 1 N–H and O–H groups in total. The quantitative estimate of drug-likeness (QED) is 0.790. The summed E-state index contributed by atoms with van der Waals surface area (Å²) in [7, 11) is 1.48. The van der Waals surface area contributed by atoms with E-state index in [1.54, 1.807) is 0 Å². The third-order valence-corrected chi connectivity index (χ3v) is 5.08. The maximum absolute atomic E-state index is 11.9. The highest BCUT2D eigenvalue weighted by atomic mass is 16.5. The zero-order chi connectivity index (χ0) is 13.9. The van der Waals surface area contributed by atoms with Gasteiger partial charge in [-0.3, -0.25) is 4.79 Å². The standard InChI is InChI=1S/C15H28N2O2/c1-4-17-9-6-12(7-10-17)13-5-8-16-15(2,11-13)14(18)19-3/h12-13,16H,4-11H2,1-3H3. The molecule has 0 spiro atoms. The number of carbonyl (C=O) groups is 1. The van der Waals surface area contributed by atoms with Gasteiger partial charge in [-0.25, -0.2) is 0 Å². The maximum atomic E-state index is 11.9. The largest absolute Gasteiger partial charge is 0.468 e. The van der Waals surface area contributed by atoms with Gasteiger partial charge >= 0.3 is 5.97 Å². The van der Waals surface area contributed by atoms with Crippen LogP contribution < -0.4 is 5.32 Å². The molecule has 0 aliphatic carbocycles. The lowest BCUT2D eigenvalue weighted by Gasteiger charge is -2.42. The number of piperidine rings is 2. The number of rotatable bonds is 3. The van der Waals surface area contributed by atoms with Crippen LogP contribution in [-0.2, 0) is 9.53 Å². The molecule has 2 unspecified atom stereocenters. The second-order valence-corrected chi connectivity index (χ2v) is 6.28. The van der Waals surface area contributed by atoms with Gasteiger partial charge in [-0.2, -0.15) is 0 Å². The van der Waals surface area contributed by atoms with Gasteiger partial charge < -0.3 is 15.0 Å². The number of hydrogen-bond acceptors (Lipinski definition) is 4. The summed E-state index contributed by atoms with van der Waals surface area (Å²) in [5.41, 5.74) is -0.473. The molecule has 2 heterocycles. The third-order valence-electron chi connectivity index (χ3n) is 5.08. The molecule has 4 nitrogen and oxygen atoms in total. The van der Waals surface area contributed by atoms with Gasteiger partial charge in [0.05, 0.1) is 7.11 Å². The minimum absolute atomic E-state index is 0.108. The minimum Gasteiger partial charge on any atom is -0.468 e. The molecule has 110 valence electrons. The van der Waals surface area contributed by atoms with E-state index in [0.717, 1.165) is 18.9 Å². The first-order valence-electron chi connectivity index (χ1n) is 7.65. The molecular formula is C15H28N2O2. The van der Waals surface area contributed by atoms with Gasteiger partial charge in [0.1, 0.15) is 5.54 Å². The Kier molecular flexibility index (Phi) is 4.85. The highest BCUT2D eigenvalue weighted by Crippen LogP contribution is 2.35. The minimum atomic E-state index is -0.473. The molecule has 19 heavy (non-hydrogen) atoms. The van der Waals surface area contributed by atoms with Crippen molar-refractivity contribution in [1.29, 1.82) is 0 Å². The molecule has 2 atom stereocenters. The highest BCUT2D eigenvalue weighted by Gasteiger charge is 2.41. The summed E-state index contributed by atoms with van der Waals surface area (Å²) in [5.74, 6) is 1.35. The van der Waals surface area contributed by atoms with Crippen LogP contribution in [0.15, 0.2) is 0 Å². The smallest absolute Gasteiger partial charge is 0.325 e. The molecule has 2 aliphatic heterocycles. The van der Waals surface area contributed by atoms with Gasteiger partial charge in [0.15, 0.2) is 0 Å². The normalized spacial score (nSPS) is 34.2. The Morgan fingerprint density at radius 1 is 1.32 bits per heavy atom. The van der Waals surface area contributed by atoms with Crippen molar-refractivity contribution in [3.05, 3.63) is 0 Å². The lowest BCUT2D eigenvalue weighted by Crippen LogP contribution is -2.56. The Labute approximate surface area is 116 Å². The fraction of sp³-hybridized carbons (Fsp3) is 0.933. The van der Waals surface area contributed by atoms with Crippen LogP contribution in [0.25, 0.3) is 0 Å². The van der Waals surface area contributed by atoms with E-state index in [0.29, 0.717) is 5.92 Å². The lowest BCUT2D eigenvalue weighted by molar-refractivity contribution is -0.150. The fourth-order valence-electron chi connectivity index (χ4n) is 3.76. The molecule has 2 saturated heterocycles. The number of hydrogen-bond donors (Lipinski definition) is 1. The summed E-state index contributed by atoms with van der Waals surface area (Å²) in [6, 6.07) is 0. The van der Waals surface area contributed by atoms with Gasteiger partial charge in [0.25, 0.3) is 0 Å². The predicted octanol–water partition coefficient (Wildman–Crippen LogP) is 1.65. The van der Waals surface area contributed by atoms with Gasteiger partial charge in [-0.1, -0.05) is 6.92 Å². The molecule has 0 aromatic carbocycles. The molecule has 0 aromatic heterocycles. The van der Waals surface area contributed by atoms with E-state index in [1.807, 2.05) is 6.92 Å². The summed E-state index contributed by atoms with van der Waals surface area (Å²) >= 11 is 0. The Morgan fingerprint density at radius 2 is 2.00 bits per heavy atom. The second kappa shape index (κ2) is 6.23. The van der Waals surface area contributed by atoms with Crippen LogP contribution >= 0.6 is 0 Å². The summed E-state index contributed by atoms with van der Waals surface area (Å²) in [5, 5.41) is 3.35. The van der Waals surface area contributed by atoms with Crippen molar-refractivity contribution in [1.82, 2.24) is 10.2 Å². The van der Waals surface area contributed by atoms with Crippen molar-refractivity contribution in [3.63, 3.8) is 0 Å². The molecule has 2 aliphatic rings. The predicted molar refractivity (Wildman–Crippen MR) is 76.0 cm³/mol. The summed E-state index contributed by atoms with van der Waals surface area (Å²) < 4.78 is 4.95. The van der Waals surface area contributed by atoms with E-state index >= 15 is 0 Å². The number of nitrogens with one attached hydrogen (secondary N) is 1. The molecule has 0 bridgehead atoms. The van der Waals surface area contributed by atoms with Crippen molar-refractivity contribution in [2.45, 2.75) is 45.1 Å². The van der Waals surface area contributed by atoms with E-state index in [1.165, 1.54) is 46.0 Å². The van der Waals surface area contributed by atoms with E-state index < -0.39 is 5.54 Å². The number of nitrogens with zero attached hydrogens (tertiary/aromatic N) is 1. The van der Waals surface area contributed by atoms with Crippen LogP contribution in [-0.4, -0.2) is 49.7 Å². The van der Waals surface area contributed by atoms with E-state index in [4.69, 9.17) is 4.74 Å². The molecule has 0 amide bonds. The lowest BCUT2D eigenvalue weighted by atomic mass is 9.73. The Hall–Kier alpha value is -0.610. The number of carbonyl (C=O) groups excluding carboxylic acids is 1. The monoisotopic (exact) mass is 268 g/mol. The van der Waals surface area contributed by atoms with Gasteiger partial charge in [0, 0.05) is 0 Å². The Balaban J connectivity index is 1.93. The highest BCUT2D eigenvalue weighted by molar-refractivity contribution is 5.80. The summed E-state index contributed by atoms with van der Waals surface area (Å²) in [4.78, 5) is 14.4. The second-order valence-electron chi connectivity index (χ2n) is 6.28. The first-order valence-corrected chi connectivity index (χ1v) is 7.65. The Bertz CT molecular complexity index is 313. The van der Waals surface area contributed by atoms with Crippen molar-refractivity contribution in [3.8, 4) is 0 Å². The fourth-order valence-corrected chi connectivity index (χ4v) is 3.76. The van der Waals surface area contributed by atoms with Crippen LogP contribution in [0.5, 0.6) is 0 Å². The molecule has 2 rings (SSSR count). The van der Waals surface area contributed by atoms with Crippen LogP contribution in [0.3, 0.4) is 0 Å². The van der Waals surface area contributed by atoms with Crippen molar-refractivity contribution in [2.24, 2.45) is 11.8 Å². The maximum Gasteiger partial charge on any atom is 0.325 e. The molecular weight excluding hydrogens is 240 g/mol. The van der Waals surface area contributed by atoms with Crippen molar-refractivity contribution in [2.75, 3.05) is 33.3 Å². The van der Waals surface area contributed by atoms with Crippen LogP contribution in [0.1, 0.15) is 39.5 Å². The van der Waals surface area contributed by atoms with Gasteiger partial charge in [-0.15, -0.1) is 0 Å². The average Bonchev–Trinajstić information content (AvgIpc) is 2.46. The number of methoxy groups -OCH3 is 1. The first-order chi connectivity index (χ1) is 9.09. The number of esters is 1. The topological polar surface area (TPSA) is 41.6 Å². The first kappa shape index (κ1) is 14.8. The van der Waals surface area contributed by atoms with Crippen molar-refractivity contribution < 1.29 is 9.53 Å². The van der Waals surface area contributed by atoms with Crippen LogP contribution in [0.4, 0.5) is 0 Å². The molecule has 0 radical (unpaired) electrons. The summed E-state index contributed by atoms with van der Waals surface area (Å²) in [6.07, 6.45) is 4.70. The van der Waals surface area contributed by atoms with Gasteiger partial charge in [-0.05, 0) is 70.6 Å². The summed E-state index contributed by atoms with van der Waals surface area (Å²) in [6.45, 7) is 8.77. The molecule has 0 saturated carbocycles.